The second kappa shape index (κ2) is 3.63. The number of nitrogens with one attached hydrogen (secondary N) is 1. The first kappa shape index (κ1) is 9.91. The standard InChI is InChI=1S/C9H4ClN5O2/c10-4-1-2-6-5(3-4)9(16)17-8(11-6)7-12-14-15-13-7/h1-3H,(H,12,13,14,15). The highest BCUT2D eigenvalue weighted by Crippen LogP contribution is 2.17. The lowest BCUT2D eigenvalue weighted by molar-refractivity contribution is 0.513. The van der Waals surface area contributed by atoms with Crippen LogP contribution in [0.15, 0.2) is 27.4 Å². The smallest absolute Gasteiger partial charge is 0.347 e. The lowest BCUT2D eigenvalue weighted by Gasteiger charge is -1.97. The number of hydrogen-bond acceptors (Lipinski definition) is 6. The monoisotopic (exact) mass is 249 g/mol. The van der Waals surface area contributed by atoms with Crippen LogP contribution in [0.4, 0.5) is 0 Å². The van der Waals surface area contributed by atoms with Gasteiger partial charge < -0.3 is 4.42 Å². The van der Waals surface area contributed by atoms with Crippen molar-refractivity contribution in [2.75, 3.05) is 0 Å². The van der Waals surface area contributed by atoms with Gasteiger partial charge in [0.25, 0.3) is 11.7 Å². The zero-order valence-electron chi connectivity index (χ0n) is 8.22. The Labute approximate surface area is 98.4 Å². The van der Waals surface area contributed by atoms with Crippen molar-refractivity contribution in [2.45, 2.75) is 0 Å². The Kier molecular flexibility index (Phi) is 2.12. The first-order valence-electron chi connectivity index (χ1n) is 4.58. The lowest BCUT2D eigenvalue weighted by Crippen LogP contribution is -2.03. The van der Waals surface area contributed by atoms with Crippen LogP contribution in [0.3, 0.4) is 0 Å². The minimum atomic E-state index is -0.544. The molecule has 0 saturated carbocycles. The van der Waals surface area contributed by atoms with E-state index in [0.717, 1.165) is 0 Å². The van der Waals surface area contributed by atoms with Crippen molar-refractivity contribution in [3.8, 4) is 11.7 Å². The van der Waals surface area contributed by atoms with Crippen LogP contribution in [0.25, 0.3) is 22.6 Å². The third-order valence-corrected chi connectivity index (χ3v) is 2.36. The zero-order valence-corrected chi connectivity index (χ0v) is 8.97. The molecular formula is C9H4ClN5O2. The number of rotatable bonds is 1. The molecule has 0 aliphatic carbocycles. The first-order chi connectivity index (χ1) is 8.24. The average molecular weight is 250 g/mol. The highest BCUT2D eigenvalue weighted by Gasteiger charge is 2.12. The fraction of sp³-hybridized carbons (Fsp3) is 0. The Morgan fingerprint density at radius 2 is 2.24 bits per heavy atom. The van der Waals surface area contributed by atoms with Gasteiger partial charge in [-0.25, -0.2) is 9.78 Å². The molecule has 0 unspecified atom stereocenters. The third kappa shape index (κ3) is 1.66. The second-order valence-corrected chi connectivity index (χ2v) is 3.64. The van der Waals surface area contributed by atoms with Crippen LogP contribution in [0.5, 0.6) is 0 Å². The normalized spacial score (nSPS) is 10.9. The molecule has 17 heavy (non-hydrogen) atoms. The van der Waals surface area contributed by atoms with Crippen molar-refractivity contribution in [1.82, 2.24) is 25.6 Å². The number of halogens is 1. The molecule has 8 heteroatoms. The van der Waals surface area contributed by atoms with Gasteiger partial charge in [0.05, 0.1) is 10.9 Å². The van der Waals surface area contributed by atoms with Crippen LogP contribution in [0, 0.1) is 0 Å². The van der Waals surface area contributed by atoms with Gasteiger partial charge in [-0.3, -0.25) is 0 Å². The van der Waals surface area contributed by atoms with Crippen molar-refractivity contribution >= 4 is 22.5 Å². The largest absolute Gasteiger partial charge is 0.399 e. The number of H-pyrrole nitrogens is 1. The number of hydrogen-bond donors (Lipinski definition) is 1. The summed E-state index contributed by atoms with van der Waals surface area (Å²) in [4.78, 5) is 15.8. The van der Waals surface area contributed by atoms with Gasteiger partial charge in [0, 0.05) is 5.02 Å². The van der Waals surface area contributed by atoms with E-state index in [4.69, 9.17) is 16.0 Å². The average Bonchev–Trinajstić information content (AvgIpc) is 2.83. The van der Waals surface area contributed by atoms with Crippen LogP contribution in [0.1, 0.15) is 0 Å². The molecule has 0 spiro atoms. The number of tetrazole rings is 1. The van der Waals surface area contributed by atoms with Crippen LogP contribution in [-0.2, 0) is 0 Å². The summed E-state index contributed by atoms with van der Waals surface area (Å²) in [5, 5.41) is 13.7. The maximum atomic E-state index is 11.7. The molecule has 3 rings (SSSR count). The second-order valence-electron chi connectivity index (χ2n) is 3.20. The number of aromatic nitrogens is 5. The van der Waals surface area contributed by atoms with Crippen molar-refractivity contribution < 1.29 is 4.42 Å². The van der Waals surface area contributed by atoms with Gasteiger partial charge in [0.15, 0.2) is 0 Å². The number of aromatic amines is 1. The Balaban J connectivity index is 2.32. The van der Waals surface area contributed by atoms with Gasteiger partial charge in [-0.05, 0) is 23.4 Å². The molecule has 1 N–H and O–H groups in total. The summed E-state index contributed by atoms with van der Waals surface area (Å²) < 4.78 is 4.98. The number of fused-ring (bicyclic) bond motifs is 1. The summed E-state index contributed by atoms with van der Waals surface area (Å²) in [6, 6.07) is 4.75. The van der Waals surface area contributed by atoms with E-state index >= 15 is 0 Å². The molecule has 3 aromatic rings. The van der Waals surface area contributed by atoms with Gasteiger partial charge in [-0.1, -0.05) is 11.6 Å². The van der Waals surface area contributed by atoms with Gasteiger partial charge >= 0.3 is 5.63 Å². The summed E-state index contributed by atoms with van der Waals surface area (Å²) >= 11 is 5.78. The summed E-state index contributed by atoms with van der Waals surface area (Å²) in [6.45, 7) is 0. The SMILES string of the molecule is O=c1oc(-c2nn[nH]n2)nc2ccc(Cl)cc12. The Morgan fingerprint density at radius 1 is 1.35 bits per heavy atom. The molecule has 0 bridgehead atoms. The van der Waals surface area contributed by atoms with Gasteiger partial charge in [-0.15, -0.1) is 10.2 Å². The molecule has 0 aliphatic heterocycles. The fourth-order valence-electron chi connectivity index (χ4n) is 1.39. The van der Waals surface area contributed by atoms with Crippen molar-refractivity contribution in [3.05, 3.63) is 33.6 Å². The highest BCUT2D eigenvalue weighted by atomic mass is 35.5. The summed E-state index contributed by atoms with van der Waals surface area (Å²) in [6.07, 6.45) is 0. The molecule has 1 aromatic carbocycles. The van der Waals surface area contributed by atoms with E-state index in [1.807, 2.05) is 0 Å². The quantitative estimate of drug-likeness (QED) is 0.691. The highest BCUT2D eigenvalue weighted by molar-refractivity contribution is 6.31. The fourth-order valence-corrected chi connectivity index (χ4v) is 1.56. The Morgan fingerprint density at radius 3 is 3.00 bits per heavy atom. The van der Waals surface area contributed by atoms with Crippen LogP contribution < -0.4 is 5.63 Å². The molecule has 0 radical (unpaired) electrons. The van der Waals surface area contributed by atoms with E-state index in [9.17, 15) is 4.79 Å². The van der Waals surface area contributed by atoms with Crippen LogP contribution in [-0.4, -0.2) is 25.6 Å². The van der Waals surface area contributed by atoms with E-state index in [0.29, 0.717) is 15.9 Å². The van der Waals surface area contributed by atoms with Gasteiger partial charge in [-0.2, -0.15) is 5.21 Å². The first-order valence-corrected chi connectivity index (χ1v) is 4.96. The molecule has 2 heterocycles. The minimum Gasteiger partial charge on any atom is -0.399 e. The number of benzene rings is 1. The maximum Gasteiger partial charge on any atom is 0.347 e. The van der Waals surface area contributed by atoms with Gasteiger partial charge in [0.1, 0.15) is 0 Å². The van der Waals surface area contributed by atoms with Crippen LogP contribution >= 0.6 is 11.6 Å². The predicted octanol–water partition coefficient (Wildman–Crippen LogP) is 1.02. The predicted molar refractivity (Wildman–Crippen MR) is 58.5 cm³/mol. The molecule has 84 valence electrons. The molecule has 2 aromatic heterocycles. The minimum absolute atomic E-state index is 0.0126. The van der Waals surface area contributed by atoms with E-state index < -0.39 is 5.63 Å². The molecule has 7 nitrogen and oxygen atoms in total. The Hall–Kier alpha value is -2.28. The Bertz CT molecular complexity index is 737. The van der Waals surface area contributed by atoms with Crippen molar-refractivity contribution in [2.24, 2.45) is 0 Å². The summed E-state index contributed by atoms with van der Waals surface area (Å²) in [5.74, 6) is 0.137. The van der Waals surface area contributed by atoms with Crippen molar-refractivity contribution in [3.63, 3.8) is 0 Å². The zero-order chi connectivity index (χ0) is 11.8. The molecule has 0 atom stereocenters. The maximum absolute atomic E-state index is 11.7. The van der Waals surface area contributed by atoms with Gasteiger partial charge in [0.2, 0.25) is 0 Å². The van der Waals surface area contributed by atoms with Crippen molar-refractivity contribution in [1.29, 1.82) is 0 Å². The molecule has 0 aliphatic rings. The van der Waals surface area contributed by atoms with E-state index in [1.165, 1.54) is 6.07 Å². The summed E-state index contributed by atoms with van der Waals surface area (Å²) in [7, 11) is 0. The van der Waals surface area contributed by atoms with Crippen LogP contribution in [0.2, 0.25) is 5.02 Å². The molecule has 0 amide bonds. The van der Waals surface area contributed by atoms with E-state index in [1.54, 1.807) is 12.1 Å². The molecular weight excluding hydrogens is 246 g/mol. The number of nitrogens with zero attached hydrogens (tertiary/aromatic N) is 4. The summed E-state index contributed by atoms with van der Waals surface area (Å²) in [5.41, 5.74) is -0.0808. The topological polar surface area (TPSA) is 97.6 Å². The lowest BCUT2D eigenvalue weighted by atomic mass is 10.2. The third-order valence-electron chi connectivity index (χ3n) is 2.13. The molecule has 0 saturated heterocycles. The van der Waals surface area contributed by atoms with E-state index in [-0.39, 0.29) is 11.7 Å². The molecule has 0 fully saturated rings. The van der Waals surface area contributed by atoms with E-state index in [2.05, 4.69) is 25.6 Å².